The number of rotatable bonds is 4. The van der Waals surface area contributed by atoms with Gasteiger partial charge in [0, 0.05) is 0 Å². The van der Waals surface area contributed by atoms with Gasteiger partial charge < -0.3 is 14.9 Å². The fourth-order valence-corrected chi connectivity index (χ4v) is 0.389. The smallest absolute Gasteiger partial charge is 0.337 e. The van der Waals surface area contributed by atoms with Crippen LogP contribution in [0.3, 0.4) is 0 Å². The van der Waals surface area contributed by atoms with Gasteiger partial charge in [-0.3, -0.25) is 4.79 Å². The van der Waals surface area contributed by atoms with Crippen LogP contribution in [0.1, 0.15) is 0 Å². The molecule has 2 atom stereocenters. The maximum absolute atomic E-state index is 9.89. The lowest BCUT2D eigenvalue weighted by atomic mass is 10.4. The summed E-state index contributed by atoms with van der Waals surface area (Å²) in [6, 6.07) is 0. The van der Waals surface area contributed by atoms with Crippen LogP contribution in [0.25, 0.3) is 0 Å². The minimum atomic E-state index is -1.88. The largest absolute Gasteiger partial charge is 0.479 e. The van der Waals surface area contributed by atoms with Gasteiger partial charge in [-0.1, -0.05) is 11.6 Å². The molecule has 6 heteroatoms. The molecule has 0 aromatic heterocycles. The Morgan fingerprint density at radius 3 is 2.50 bits per heavy atom. The number of alkyl halides is 1. The Bertz CT molecular complexity index is 136. The zero-order chi connectivity index (χ0) is 8.15. The number of carbonyl (C=O) groups excluding carboxylic acids is 1. The summed E-state index contributed by atoms with van der Waals surface area (Å²) in [6.07, 6.45) is -1.88. The number of ether oxygens (including phenoxy) is 1. The highest BCUT2D eigenvalue weighted by Crippen LogP contribution is 2.02. The van der Waals surface area contributed by atoms with Crippen LogP contribution in [0.4, 0.5) is 0 Å². The molecule has 0 spiro atoms. The predicted molar refractivity (Wildman–Crippen MR) is 30.4 cm³/mol. The van der Waals surface area contributed by atoms with Crippen molar-refractivity contribution in [3.05, 3.63) is 0 Å². The van der Waals surface area contributed by atoms with E-state index in [4.69, 9.17) is 21.8 Å². The van der Waals surface area contributed by atoms with Crippen molar-refractivity contribution in [1.29, 1.82) is 0 Å². The van der Waals surface area contributed by atoms with Crippen LogP contribution >= 0.6 is 11.6 Å². The first kappa shape index (κ1) is 9.19. The maximum Gasteiger partial charge on any atom is 0.337 e. The molecule has 2 unspecified atom stereocenters. The van der Waals surface area contributed by atoms with E-state index in [9.17, 15) is 9.59 Å². The number of aliphatic carboxylic acids is 1. The minimum Gasteiger partial charge on any atom is -0.479 e. The quantitative estimate of drug-likeness (QED) is 0.423. The minimum absolute atomic E-state index is 0.0379. The summed E-state index contributed by atoms with van der Waals surface area (Å²) in [5.74, 6) is -1.54. The molecule has 5 nitrogen and oxygen atoms in total. The summed E-state index contributed by atoms with van der Waals surface area (Å²) in [6.45, 7) is -0.0379. The molecule has 0 saturated carbocycles. The second-order valence-electron chi connectivity index (χ2n) is 1.37. The molecule has 58 valence electrons. The summed E-state index contributed by atoms with van der Waals surface area (Å²) in [7, 11) is 0. The fourth-order valence-electron chi connectivity index (χ4n) is 0.240. The average molecular weight is 169 g/mol. The number of carboxylic acids is 1. The molecule has 0 aromatic carbocycles. The Balaban J connectivity index is 3.80. The van der Waals surface area contributed by atoms with E-state index in [0.29, 0.717) is 0 Å². The maximum atomic E-state index is 9.89. The normalized spacial score (nSPS) is 15.4. The van der Waals surface area contributed by atoms with Crippen molar-refractivity contribution in [3.8, 4) is 0 Å². The van der Waals surface area contributed by atoms with E-state index in [0.717, 1.165) is 0 Å². The topological polar surface area (TPSA) is 83.8 Å². The van der Waals surface area contributed by atoms with Crippen LogP contribution in [0.2, 0.25) is 0 Å². The number of aliphatic hydroxyl groups is 1. The van der Waals surface area contributed by atoms with Gasteiger partial charge in [-0.15, -0.1) is 0 Å². The van der Waals surface area contributed by atoms with Crippen molar-refractivity contribution < 1.29 is 24.5 Å². The average Bonchev–Trinajstić information content (AvgIpc) is 1.87. The number of hydrogen-bond acceptors (Lipinski definition) is 4. The zero-order valence-electron chi connectivity index (χ0n) is 4.73. The van der Waals surface area contributed by atoms with E-state index >= 15 is 0 Å². The lowest BCUT2D eigenvalue weighted by Crippen LogP contribution is -2.31. The number of carboxylic acid groups (broad SMARTS) is 1. The number of carbonyl (C=O) groups is 2. The first-order chi connectivity index (χ1) is 4.59. The third-order valence-electron chi connectivity index (χ3n) is 0.687. The predicted octanol–water partition coefficient (Wildman–Crippen LogP) is -0.830. The van der Waals surface area contributed by atoms with E-state index in [-0.39, 0.29) is 6.47 Å². The zero-order valence-corrected chi connectivity index (χ0v) is 5.49. The molecule has 10 heavy (non-hydrogen) atoms. The second-order valence-corrected chi connectivity index (χ2v) is 1.80. The lowest BCUT2D eigenvalue weighted by Gasteiger charge is -2.09. The molecule has 0 aromatic rings. The third kappa shape index (κ3) is 2.65. The van der Waals surface area contributed by atoms with Crippen LogP contribution in [-0.4, -0.2) is 34.3 Å². The summed E-state index contributed by atoms with van der Waals surface area (Å²) in [5, 5.41) is 16.6. The van der Waals surface area contributed by atoms with E-state index in [1.165, 1.54) is 0 Å². The van der Waals surface area contributed by atoms with Crippen molar-refractivity contribution in [2.45, 2.75) is 11.7 Å². The van der Waals surface area contributed by atoms with Crippen LogP contribution in [0, 0.1) is 0 Å². The molecule has 0 heterocycles. The Hall–Kier alpha value is -0.810. The molecular formula is C4H5ClO5. The van der Waals surface area contributed by atoms with Crippen molar-refractivity contribution in [1.82, 2.24) is 0 Å². The van der Waals surface area contributed by atoms with Gasteiger partial charge in [-0.2, -0.15) is 0 Å². The van der Waals surface area contributed by atoms with Crippen LogP contribution in [0.15, 0.2) is 0 Å². The number of halogens is 1. The first-order valence-electron chi connectivity index (χ1n) is 2.23. The Kier molecular flexibility index (Phi) is 3.75. The van der Waals surface area contributed by atoms with Gasteiger partial charge in [0.05, 0.1) is 0 Å². The second kappa shape index (κ2) is 4.08. The van der Waals surface area contributed by atoms with Gasteiger partial charge in [-0.25, -0.2) is 4.79 Å². The summed E-state index contributed by atoms with van der Waals surface area (Å²) in [4.78, 5) is 19.4. The van der Waals surface area contributed by atoms with Gasteiger partial charge in [-0.05, 0) is 0 Å². The standard InChI is InChI=1S/C4H5ClO5/c5-3(10-1-6)2(7)4(8)9/h1-3,7H,(H,8,9). The molecule has 0 bridgehead atoms. The molecule has 2 N–H and O–H groups in total. The first-order valence-corrected chi connectivity index (χ1v) is 2.67. The highest BCUT2D eigenvalue weighted by atomic mass is 35.5. The molecule has 0 fully saturated rings. The van der Waals surface area contributed by atoms with Crippen LogP contribution in [-0.2, 0) is 14.3 Å². The SMILES string of the molecule is O=COC(Cl)C(O)C(=O)O. The van der Waals surface area contributed by atoms with Crippen molar-refractivity contribution in [3.63, 3.8) is 0 Å². The van der Waals surface area contributed by atoms with Crippen molar-refractivity contribution >= 4 is 24.0 Å². The number of aliphatic hydroxyl groups excluding tert-OH is 1. The Morgan fingerprint density at radius 1 is 1.70 bits per heavy atom. The summed E-state index contributed by atoms with van der Waals surface area (Å²) in [5.41, 5.74) is -1.53. The molecule has 0 rings (SSSR count). The molecule has 0 radical (unpaired) electrons. The molecule has 0 saturated heterocycles. The fraction of sp³-hybridized carbons (Fsp3) is 0.500. The lowest BCUT2D eigenvalue weighted by molar-refractivity contribution is -0.153. The van der Waals surface area contributed by atoms with Gasteiger partial charge in [0.1, 0.15) is 0 Å². The van der Waals surface area contributed by atoms with Crippen LogP contribution in [0.5, 0.6) is 0 Å². The summed E-state index contributed by atoms with van der Waals surface area (Å²) < 4.78 is 3.92. The van der Waals surface area contributed by atoms with Crippen molar-refractivity contribution in [2.24, 2.45) is 0 Å². The molecular weight excluding hydrogens is 163 g/mol. The summed E-state index contributed by atoms with van der Waals surface area (Å²) >= 11 is 5.04. The monoisotopic (exact) mass is 168 g/mol. The molecule has 0 aliphatic rings. The molecule has 0 aliphatic carbocycles. The third-order valence-corrected chi connectivity index (χ3v) is 1.03. The highest BCUT2D eigenvalue weighted by molar-refractivity contribution is 6.21. The number of hydrogen-bond donors (Lipinski definition) is 2. The van der Waals surface area contributed by atoms with Crippen molar-refractivity contribution in [2.75, 3.05) is 0 Å². The van der Waals surface area contributed by atoms with Gasteiger partial charge in [0.25, 0.3) is 6.47 Å². The van der Waals surface area contributed by atoms with E-state index in [2.05, 4.69) is 4.74 Å². The highest BCUT2D eigenvalue weighted by Gasteiger charge is 2.24. The van der Waals surface area contributed by atoms with Gasteiger partial charge in [0.15, 0.2) is 0 Å². The Morgan fingerprint density at radius 2 is 2.20 bits per heavy atom. The van der Waals surface area contributed by atoms with Gasteiger partial charge >= 0.3 is 5.97 Å². The Labute approximate surface area is 61.2 Å². The van der Waals surface area contributed by atoms with E-state index in [1.807, 2.05) is 0 Å². The van der Waals surface area contributed by atoms with E-state index in [1.54, 1.807) is 0 Å². The van der Waals surface area contributed by atoms with Gasteiger partial charge in [0.2, 0.25) is 11.7 Å². The molecule has 0 aliphatic heterocycles. The van der Waals surface area contributed by atoms with E-state index < -0.39 is 17.6 Å². The molecule has 0 amide bonds. The van der Waals surface area contributed by atoms with Crippen LogP contribution < -0.4 is 0 Å².